The normalized spacial score (nSPS) is 16.3. The molecule has 6 nitrogen and oxygen atoms in total. The van der Waals surface area contributed by atoms with Crippen LogP contribution in [0.2, 0.25) is 0 Å². The zero-order valence-corrected chi connectivity index (χ0v) is 9.77. The maximum Gasteiger partial charge on any atom is 0.152 e. The second-order valence-electron chi connectivity index (χ2n) is 3.69. The fraction of sp³-hybridized carbons (Fsp3) is 0.750. The first-order valence-electron chi connectivity index (χ1n) is 4.53. The van der Waals surface area contributed by atoms with Gasteiger partial charge in [-0.3, -0.25) is 4.68 Å². The average molecular weight is 233 g/mol. The monoisotopic (exact) mass is 233 g/mol. The molecule has 0 fully saturated rings. The van der Waals surface area contributed by atoms with Crippen LogP contribution in [-0.4, -0.2) is 46.1 Å². The number of sulfone groups is 1. The van der Waals surface area contributed by atoms with Crippen LogP contribution in [0.25, 0.3) is 0 Å². The minimum absolute atomic E-state index is 0.197. The van der Waals surface area contributed by atoms with E-state index in [0.717, 1.165) is 6.26 Å². The van der Waals surface area contributed by atoms with E-state index < -0.39 is 21.2 Å². The first-order valence-corrected chi connectivity index (χ1v) is 6.48. The van der Waals surface area contributed by atoms with E-state index in [1.807, 2.05) is 0 Å². The molecule has 7 heteroatoms. The van der Waals surface area contributed by atoms with E-state index >= 15 is 0 Å². The second-order valence-corrected chi connectivity index (χ2v) is 6.09. The Kier molecular flexibility index (Phi) is 3.46. The molecule has 1 aromatic rings. The van der Waals surface area contributed by atoms with E-state index in [9.17, 15) is 13.5 Å². The molecule has 1 heterocycles. The van der Waals surface area contributed by atoms with Crippen LogP contribution in [0.4, 0.5) is 0 Å². The van der Waals surface area contributed by atoms with Crippen molar-refractivity contribution >= 4 is 9.84 Å². The molecule has 15 heavy (non-hydrogen) atoms. The van der Waals surface area contributed by atoms with Crippen LogP contribution < -0.4 is 0 Å². The van der Waals surface area contributed by atoms with Crippen molar-refractivity contribution in [2.75, 3.05) is 6.26 Å². The van der Waals surface area contributed by atoms with Crippen molar-refractivity contribution in [2.24, 2.45) is 7.05 Å². The molecule has 2 atom stereocenters. The number of hydrogen-bond donors (Lipinski definition) is 1. The van der Waals surface area contributed by atoms with Crippen LogP contribution in [0.1, 0.15) is 12.6 Å². The van der Waals surface area contributed by atoms with Crippen molar-refractivity contribution < 1.29 is 13.5 Å². The molecule has 0 radical (unpaired) electrons. The van der Waals surface area contributed by atoms with Crippen LogP contribution in [0.3, 0.4) is 0 Å². The molecule has 86 valence electrons. The predicted molar refractivity (Wildman–Crippen MR) is 55.0 cm³/mol. The summed E-state index contributed by atoms with van der Waals surface area (Å²) in [4.78, 5) is 0. The highest BCUT2D eigenvalue weighted by Gasteiger charge is 2.24. The zero-order chi connectivity index (χ0) is 11.6. The Morgan fingerprint density at radius 1 is 1.60 bits per heavy atom. The SMILES string of the molecule is CC(C(O)Cc1cn(C)nn1)S(C)(=O)=O. The van der Waals surface area contributed by atoms with E-state index in [0.29, 0.717) is 5.69 Å². The van der Waals surface area contributed by atoms with Gasteiger partial charge in [0.05, 0.1) is 17.0 Å². The van der Waals surface area contributed by atoms with E-state index in [2.05, 4.69) is 10.3 Å². The number of nitrogens with zero attached hydrogens (tertiary/aromatic N) is 3. The van der Waals surface area contributed by atoms with E-state index in [1.54, 1.807) is 13.2 Å². The van der Waals surface area contributed by atoms with Crippen molar-refractivity contribution in [3.05, 3.63) is 11.9 Å². The minimum Gasteiger partial charge on any atom is -0.391 e. The Bertz CT molecular complexity index is 426. The second kappa shape index (κ2) is 4.28. The Balaban J connectivity index is 2.68. The van der Waals surface area contributed by atoms with Gasteiger partial charge in [0.2, 0.25) is 0 Å². The third kappa shape index (κ3) is 3.28. The van der Waals surface area contributed by atoms with Crippen molar-refractivity contribution in [3.63, 3.8) is 0 Å². The molecule has 0 aliphatic carbocycles. The average Bonchev–Trinajstić information content (AvgIpc) is 2.48. The highest BCUT2D eigenvalue weighted by molar-refractivity contribution is 7.91. The lowest BCUT2D eigenvalue weighted by Gasteiger charge is -2.15. The van der Waals surface area contributed by atoms with Crippen molar-refractivity contribution in [1.82, 2.24) is 15.0 Å². The Labute approximate surface area is 88.8 Å². The molecule has 0 amide bonds. The van der Waals surface area contributed by atoms with Gasteiger partial charge in [-0.05, 0) is 6.92 Å². The smallest absolute Gasteiger partial charge is 0.152 e. The molecule has 1 N–H and O–H groups in total. The minimum atomic E-state index is -3.22. The molecule has 0 bridgehead atoms. The van der Waals surface area contributed by atoms with Gasteiger partial charge >= 0.3 is 0 Å². The molecular weight excluding hydrogens is 218 g/mol. The highest BCUT2D eigenvalue weighted by Crippen LogP contribution is 2.09. The van der Waals surface area contributed by atoms with Gasteiger partial charge in [0, 0.05) is 25.9 Å². The third-order valence-corrected chi connectivity index (χ3v) is 3.95. The fourth-order valence-electron chi connectivity index (χ4n) is 1.15. The quantitative estimate of drug-likeness (QED) is 0.732. The molecule has 0 saturated heterocycles. The maximum absolute atomic E-state index is 11.2. The Morgan fingerprint density at radius 2 is 2.20 bits per heavy atom. The van der Waals surface area contributed by atoms with Crippen LogP contribution in [0.5, 0.6) is 0 Å². The lowest BCUT2D eigenvalue weighted by molar-refractivity contribution is 0.172. The molecule has 2 unspecified atom stereocenters. The maximum atomic E-state index is 11.2. The summed E-state index contributed by atoms with van der Waals surface area (Å²) < 4.78 is 23.8. The predicted octanol–water partition coefficient (Wildman–Crippen LogP) is -0.848. The van der Waals surface area contributed by atoms with Gasteiger partial charge < -0.3 is 5.11 Å². The summed E-state index contributed by atoms with van der Waals surface area (Å²) in [5.41, 5.74) is 0.584. The van der Waals surface area contributed by atoms with Gasteiger partial charge in [0.1, 0.15) is 0 Å². The molecule has 0 aromatic carbocycles. The molecule has 0 aliphatic rings. The first kappa shape index (κ1) is 12.1. The van der Waals surface area contributed by atoms with Crippen molar-refractivity contribution in [2.45, 2.75) is 24.7 Å². The van der Waals surface area contributed by atoms with Crippen molar-refractivity contribution in [3.8, 4) is 0 Å². The molecule has 0 saturated carbocycles. The number of hydrogen-bond acceptors (Lipinski definition) is 5. The summed E-state index contributed by atoms with van der Waals surface area (Å²) >= 11 is 0. The zero-order valence-electron chi connectivity index (χ0n) is 8.95. The first-order chi connectivity index (χ1) is 6.80. The lowest BCUT2D eigenvalue weighted by atomic mass is 10.1. The summed E-state index contributed by atoms with van der Waals surface area (Å²) in [6.45, 7) is 1.48. The summed E-state index contributed by atoms with van der Waals surface area (Å²) in [6.07, 6.45) is 2.01. The Morgan fingerprint density at radius 3 is 2.60 bits per heavy atom. The summed E-state index contributed by atoms with van der Waals surface area (Å²) in [5, 5.41) is 16.3. The topological polar surface area (TPSA) is 85.1 Å². The molecule has 1 rings (SSSR count). The van der Waals surface area contributed by atoms with Gasteiger partial charge in [-0.1, -0.05) is 5.21 Å². The van der Waals surface area contributed by atoms with Crippen LogP contribution >= 0.6 is 0 Å². The van der Waals surface area contributed by atoms with E-state index in [4.69, 9.17) is 0 Å². The highest BCUT2D eigenvalue weighted by atomic mass is 32.2. The van der Waals surface area contributed by atoms with Crippen LogP contribution in [-0.2, 0) is 23.3 Å². The largest absolute Gasteiger partial charge is 0.391 e. The molecular formula is C8H15N3O3S. The van der Waals surface area contributed by atoms with E-state index in [1.165, 1.54) is 11.6 Å². The number of aliphatic hydroxyl groups excluding tert-OH is 1. The standard InChI is InChI=1S/C8H15N3O3S/c1-6(15(3,13)14)8(12)4-7-5-11(2)10-9-7/h5-6,8,12H,4H2,1-3H3. The lowest BCUT2D eigenvalue weighted by Crippen LogP contribution is -2.32. The number of aromatic nitrogens is 3. The van der Waals surface area contributed by atoms with Gasteiger partial charge in [0.25, 0.3) is 0 Å². The van der Waals surface area contributed by atoms with Gasteiger partial charge in [-0.15, -0.1) is 5.10 Å². The van der Waals surface area contributed by atoms with E-state index in [-0.39, 0.29) is 6.42 Å². The fourth-order valence-corrected chi connectivity index (χ4v) is 1.82. The number of rotatable bonds is 4. The summed E-state index contributed by atoms with van der Waals surface area (Å²) in [6, 6.07) is 0. The van der Waals surface area contributed by atoms with Gasteiger partial charge in [-0.25, -0.2) is 8.42 Å². The third-order valence-electron chi connectivity index (χ3n) is 2.29. The molecule has 0 aliphatic heterocycles. The number of aryl methyl sites for hydroxylation is 1. The Hall–Kier alpha value is -0.950. The van der Waals surface area contributed by atoms with Crippen LogP contribution in [0, 0.1) is 0 Å². The molecule has 0 spiro atoms. The van der Waals surface area contributed by atoms with Gasteiger partial charge in [0.15, 0.2) is 9.84 Å². The van der Waals surface area contributed by atoms with Gasteiger partial charge in [-0.2, -0.15) is 0 Å². The van der Waals surface area contributed by atoms with Crippen molar-refractivity contribution in [1.29, 1.82) is 0 Å². The van der Waals surface area contributed by atoms with Crippen LogP contribution in [0.15, 0.2) is 6.20 Å². The summed E-state index contributed by atoms with van der Waals surface area (Å²) in [7, 11) is -1.51. The molecule has 1 aromatic heterocycles. The summed E-state index contributed by atoms with van der Waals surface area (Å²) in [5.74, 6) is 0. The number of aliphatic hydroxyl groups is 1.